The molecule has 0 heterocycles. The Morgan fingerprint density at radius 1 is 1.19 bits per heavy atom. The highest BCUT2D eigenvalue weighted by Gasteiger charge is 2.10. The molecule has 0 aliphatic heterocycles. The summed E-state index contributed by atoms with van der Waals surface area (Å²) in [5, 5.41) is 13.2. The van der Waals surface area contributed by atoms with E-state index in [2.05, 4.69) is 19.2 Å². The monoisotopic (exact) mass is 305 g/mol. The first-order valence-corrected chi connectivity index (χ1v) is 7.42. The molecule has 0 aliphatic rings. The Balaban J connectivity index is 2.16. The molecule has 0 bridgehead atoms. The normalized spacial score (nSPS) is 12.2. The molecule has 2 N–H and O–H groups in total. The summed E-state index contributed by atoms with van der Waals surface area (Å²) in [7, 11) is 0. The molecule has 4 heteroatoms. The second-order valence-electron chi connectivity index (χ2n) is 4.87. The maximum atomic E-state index is 9.14. The topological polar surface area (TPSA) is 41.5 Å². The molecule has 0 aromatic heterocycles. The van der Waals surface area contributed by atoms with Crippen molar-refractivity contribution < 1.29 is 9.84 Å². The third-order valence-corrected chi connectivity index (χ3v) is 3.59. The molecule has 2 rings (SSSR count). The summed E-state index contributed by atoms with van der Waals surface area (Å²) >= 11 is 6.32. The van der Waals surface area contributed by atoms with Gasteiger partial charge in [0.1, 0.15) is 11.5 Å². The number of aliphatic hydroxyl groups is 1. The van der Waals surface area contributed by atoms with Crippen LogP contribution in [0.25, 0.3) is 0 Å². The van der Waals surface area contributed by atoms with Crippen molar-refractivity contribution in [1.29, 1.82) is 0 Å². The molecule has 1 atom stereocenters. The summed E-state index contributed by atoms with van der Waals surface area (Å²) in [5.41, 5.74) is 1.87. The predicted octanol–water partition coefficient (Wildman–Crippen LogP) is 4.30. The Morgan fingerprint density at radius 2 is 1.95 bits per heavy atom. The Hall–Kier alpha value is -1.55. The van der Waals surface area contributed by atoms with Crippen LogP contribution in [0.4, 0.5) is 0 Å². The maximum absolute atomic E-state index is 9.14. The van der Waals surface area contributed by atoms with E-state index in [1.54, 1.807) is 0 Å². The van der Waals surface area contributed by atoms with E-state index in [1.807, 2.05) is 42.5 Å². The van der Waals surface area contributed by atoms with Crippen LogP contribution in [0.2, 0.25) is 5.02 Å². The molecule has 1 unspecified atom stereocenters. The zero-order chi connectivity index (χ0) is 15.2. The van der Waals surface area contributed by atoms with Crippen molar-refractivity contribution >= 4 is 11.6 Å². The van der Waals surface area contributed by atoms with Gasteiger partial charge >= 0.3 is 0 Å². The van der Waals surface area contributed by atoms with Crippen LogP contribution in [-0.2, 0) is 6.61 Å². The standard InChI is InChI=1S/C17H20ClNO2/c1-3-19-12(2)16-8-7-15(10-17(16)18)21-14-6-4-5-13(9-14)11-20/h4-10,12,19-20H,3,11H2,1-2H3. The van der Waals surface area contributed by atoms with Crippen LogP contribution in [-0.4, -0.2) is 11.7 Å². The molecular weight excluding hydrogens is 286 g/mol. The molecule has 0 radical (unpaired) electrons. The van der Waals surface area contributed by atoms with Crippen LogP contribution >= 0.6 is 11.6 Å². The quantitative estimate of drug-likeness (QED) is 0.836. The van der Waals surface area contributed by atoms with Gasteiger partial charge in [-0.05, 0) is 48.9 Å². The van der Waals surface area contributed by atoms with Gasteiger partial charge in [0.2, 0.25) is 0 Å². The predicted molar refractivity (Wildman–Crippen MR) is 86.0 cm³/mol. The number of rotatable bonds is 6. The van der Waals surface area contributed by atoms with Gasteiger partial charge in [-0.1, -0.05) is 36.7 Å². The van der Waals surface area contributed by atoms with Gasteiger partial charge < -0.3 is 15.2 Å². The fourth-order valence-electron chi connectivity index (χ4n) is 2.18. The van der Waals surface area contributed by atoms with Crippen molar-refractivity contribution in [2.75, 3.05) is 6.54 Å². The van der Waals surface area contributed by atoms with Gasteiger partial charge in [0.25, 0.3) is 0 Å². The Kier molecular flexibility index (Phi) is 5.62. The number of hydrogen-bond acceptors (Lipinski definition) is 3. The van der Waals surface area contributed by atoms with Crippen molar-refractivity contribution in [2.24, 2.45) is 0 Å². The zero-order valence-electron chi connectivity index (χ0n) is 12.3. The van der Waals surface area contributed by atoms with Crippen molar-refractivity contribution in [2.45, 2.75) is 26.5 Å². The van der Waals surface area contributed by atoms with E-state index in [4.69, 9.17) is 21.4 Å². The number of ether oxygens (including phenoxy) is 1. The molecule has 0 saturated heterocycles. The van der Waals surface area contributed by atoms with E-state index in [0.29, 0.717) is 16.5 Å². The Bertz CT molecular complexity index is 601. The second kappa shape index (κ2) is 7.46. The molecule has 2 aromatic carbocycles. The van der Waals surface area contributed by atoms with E-state index in [0.717, 1.165) is 17.7 Å². The lowest BCUT2D eigenvalue weighted by atomic mass is 10.1. The molecular formula is C17H20ClNO2. The fraction of sp³-hybridized carbons (Fsp3) is 0.294. The van der Waals surface area contributed by atoms with Gasteiger partial charge in [-0.25, -0.2) is 0 Å². The Labute approximate surface area is 130 Å². The minimum atomic E-state index is -0.00288. The lowest BCUT2D eigenvalue weighted by molar-refractivity contribution is 0.281. The third-order valence-electron chi connectivity index (χ3n) is 3.27. The summed E-state index contributed by atoms with van der Waals surface area (Å²) < 4.78 is 5.78. The molecule has 0 amide bonds. The SMILES string of the molecule is CCNC(C)c1ccc(Oc2cccc(CO)c2)cc1Cl. The molecule has 3 nitrogen and oxygen atoms in total. The van der Waals surface area contributed by atoms with Crippen molar-refractivity contribution in [3.05, 3.63) is 58.6 Å². The summed E-state index contributed by atoms with van der Waals surface area (Å²) in [6.45, 7) is 5.03. The fourth-order valence-corrected chi connectivity index (χ4v) is 2.52. The van der Waals surface area contributed by atoms with Crippen LogP contribution in [0.15, 0.2) is 42.5 Å². The number of halogens is 1. The summed E-state index contributed by atoms with van der Waals surface area (Å²) in [4.78, 5) is 0. The summed E-state index contributed by atoms with van der Waals surface area (Å²) in [6.07, 6.45) is 0. The molecule has 0 saturated carbocycles. The third kappa shape index (κ3) is 4.21. The Morgan fingerprint density at radius 3 is 2.62 bits per heavy atom. The lowest BCUT2D eigenvalue weighted by Crippen LogP contribution is -2.17. The van der Waals surface area contributed by atoms with E-state index < -0.39 is 0 Å². The number of benzene rings is 2. The highest BCUT2D eigenvalue weighted by atomic mass is 35.5. The van der Waals surface area contributed by atoms with Crippen LogP contribution in [0.3, 0.4) is 0 Å². The van der Waals surface area contributed by atoms with E-state index in [1.165, 1.54) is 0 Å². The van der Waals surface area contributed by atoms with Crippen LogP contribution in [0, 0.1) is 0 Å². The van der Waals surface area contributed by atoms with E-state index >= 15 is 0 Å². The molecule has 0 aliphatic carbocycles. The van der Waals surface area contributed by atoms with Gasteiger partial charge in [0.15, 0.2) is 0 Å². The smallest absolute Gasteiger partial charge is 0.128 e. The minimum absolute atomic E-state index is 0.00288. The number of hydrogen-bond donors (Lipinski definition) is 2. The van der Waals surface area contributed by atoms with Crippen molar-refractivity contribution in [1.82, 2.24) is 5.32 Å². The van der Waals surface area contributed by atoms with E-state index in [-0.39, 0.29) is 12.6 Å². The lowest BCUT2D eigenvalue weighted by Gasteiger charge is -2.15. The van der Waals surface area contributed by atoms with Crippen molar-refractivity contribution in [3.8, 4) is 11.5 Å². The molecule has 0 spiro atoms. The van der Waals surface area contributed by atoms with E-state index in [9.17, 15) is 0 Å². The highest BCUT2D eigenvalue weighted by molar-refractivity contribution is 6.31. The molecule has 0 fully saturated rings. The van der Waals surface area contributed by atoms with Crippen molar-refractivity contribution in [3.63, 3.8) is 0 Å². The van der Waals surface area contributed by atoms with Crippen LogP contribution in [0.1, 0.15) is 31.0 Å². The average molecular weight is 306 g/mol. The minimum Gasteiger partial charge on any atom is -0.457 e. The maximum Gasteiger partial charge on any atom is 0.128 e. The summed E-state index contributed by atoms with van der Waals surface area (Å²) in [6, 6.07) is 13.3. The van der Waals surface area contributed by atoms with Crippen LogP contribution < -0.4 is 10.1 Å². The van der Waals surface area contributed by atoms with Crippen LogP contribution in [0.5, 0.6) is 11.5 Å². The second-order valence-corrected chi connectivity index (χ2v) is 5.28. The van der Waals surface area contributed by atoms with Gasteiger partial charge in [-0.2, -0.15) is 0 Å². The largest absolute Gasteiger partial charge is 0.457 e. The average Bonchev–Trinajstić information content (AvgIpc) is 2.47. The zero-order valence-corrected chi connectivity index (χ0v) is 13.0. The van der Waals surface area contributed by atoms with Gasteiger partial charge in [-0.15, -0.1) is 0 Å². The van der Waals surface area contributed by atoms with Gasteiger partial charge in [-0.3, -0.25) is 0 Å². The molecule has 21 heavy (non-hydrogen) atoms. The van der Waals surface area contributed by atoms with Gasteiger partial charge in [0.05, 0.1) is 6.61 Å². The molecule has 112 valence electrons. The first kappa shape index (κ1) is 15.8. The van der Waals surface area contributed by atoms with Gasteiger partial charge in [0, 0.05) is 11.1 Å². The highest BCUT2D eigenvalue weighted by Crippen LogP contribution is 2.30. The molecule has 2 aromatic rings. The first-order valence-electron chi connectivity index (χ1n) is 7.04. The summed E-state index contributed by atoms with van der Waals surface area (Å²) in [5.74, 6) is 1.37. The number of nitrogens with one attached hydrogen (secondary N) is 1. The first-order chi connectivity index (χ1) is 10.1. The number of aliphatic hydroxyl groups excluding tert-OH is 1.